The highest BCUT2D eigenvalue weighted by Gasteiger charge is 2.12. The summed E-state index contributed by atoms with van der Waals surface area (Å²) in [6.45, 7) is 0. The molecule has 0 unspecified atom stereocenters. The van der Waals surface area contributed by atoms with Gasteiger partial charge >= 0.3 is 0 Å². The molecule has 2 aromatic heterocycles. The van der Waals surface area contributed by atoms with E-state index >= 15 is 0 Å². The van der Waals surface area contributed by atoms with Crippen molar-refractivity contribution in [2.45, 2.75) is 0 Å². The van der Waals surface area contributed by atoms with Gasteiger partial charge in [0.25, 0.3) is 0 Å². The number of benzene rings is 1. The molecule has 0 amide bonds. The molecule has 0 N–H and O–H groups in total. The van der Waals surface area contributed by atoms with Crippen LogP contribution < -0.4 is 0 Å². The summed E-state index contributed by atoms with van der Waals surface area (Å²) in [6.07, 6.45) is 0. The highest BCUT2D eigenvalue weighted by molar-refractivity contribution is 7.17. The normalized spacial score (nSPS) is 10.8. The van der Waals surface area contributed by atoms with E-state index in [0.29, 0.717) is 0 Å². The van der Waals surface area contributed by atoms with Gasteiger partial charge in [0.1, 0.15) is 0 Å². The monoisotopic (exact) mass is 244 g/mol. The van der Waals surface area contributed by atoms with Crippen LogP contribution in [0.4, 0.5) is 0 Å². The molecule has 0 aliphatic heterocycles. The standard InChI is InChI=1S/C13H8OS2/c14-12(10-4-6-15-8-10)11-3-1-2-9-5-7-16-13(9)11/h1-8H. The Hall–Kier alpha value is -1.45. The van der Waals surface area contributed by atoms with E-state index in [-0.39, 0.29) is 5.78 Å². The van der Waals surface area contributed by atoms with Gasteiger partial charge in [-0.2, -0.15) is 11.3 Å². The zero-order chi connectivity index (χ0) is 11.0. The van der Waals surface area contributed by atoms with Crippen molar-refractivity contribution >= 4 is 38.5 Å². The van der Waals surface area contributed by atoms with Crippen molar-refractivity contribution in [1.82, 2.24) is 0 Å². The van der Waals surface area contributed by atoms with Gasteiger partial charge in [-0.25, -0.2) is 0 Å². The second-order valence-corrected chi connectivity index (χ2v) is 5.18. The van der Waals surface area contributed by atoms with Crippen LogP contribution in [0.1, 0.15) is 15.9 Å². The van der Waals surface area contributed by atoms with Crippen molar-refractivity contribution in [2.75, 3.05) is 0 Å². The molecule has 2 heterocycles. The number of carbonyl (C=O) groups is 1. The van der Waals surface area contributed by atoms with Gasteiger partial charge in [0.15, 0.2) is 5.78 Å². The largest absolute Gasteiger partial charge is 0.289 e. The van der Waals surface area contributed by atoms with E-state index in [1.165, 1.54) is 0 Å². The van der Waals surface area contributed by atoms with E-state index < -0.39 is 0 Å². The van der Waals surface area contributed by atoms with E-state index in [9.17, 15) is 4.79 Å². The Morgan fingerprint density at radius 1 is 1.06 bits per heavy atom. The molecule has 0 spiro atoms. The molecule has 3 rings (SSSR count). The molecule has 78 valence electrons. The van der Waals surface area contributed by atoms with Gasteiger partial charge in [-0.15, -0.1) is 11.3 Å². The molecule has 16 heavy (non-hydrogen) atoms. The van der Waals surface area contributed by atoms with Crippen molar-refractivity contribution in [1.29, 1.82) is 0 Å². The molecule has 0 radical (unpaired) electrons. The number of carbonyl (C=O) groups excluding carboxylic acids is 1. The molecule has 0 saturated heterocycles. The summed E-state index contributed by atoms with van der Waals surface area (Å²) in [4.78, 5) is 12.2. The lowest BCUT2D eigenvalue weighted by Gasteiger charge is -2.00. The molecule has 0 fully saturated rings. The van der Waals surface area contributed by atoms with Gasteiger partial charge in [0, 0.05) is 21.2 Å². The Kier molecular flexibility index (Phi) is 2.35. The lowest BCUT2D eigenvalue weighted by molar-refractivity contribution is 0.104. The van der Waals surface area contributed by atoms with Crippen LogP contribution in [0.25, 0.3) is 10.1 Å². The van der Waals surface area contributed by atoms with Gasteiger partial charge in [-0.1, -0.05) is 12.1 Å². The van der Waals surface area contributed by atoms with E-state index in [0.717, 1.165) is 21.2 Å². The first-order chi connectivity index (χ1) is 7.86. The third kappa shape index (κ3) is 1.49. The minimum Gasteiger partial charge on any atom is -0.289 e. The van der Waals surface area contributed by atoms with Crippen LogP contribution in [0.3, 0.4) is 0 Å². The van der Waals surface area contributed by atoms with Crippen molar-refractivity contribution in [3.8, 4) is 0 Å². The van der Waals surface area contributed by atoms with Gasteiger partial charge in [0.2, 0.25) is 0 Å². The van der Waals surface area contributed by atoms with Crippen LogP contribution in [0.2, 0.25) is 0 Å². The lowest BCUT2D eigenvalue weighted by Crippen LogP contribution is -1.98. The Bertz CT molecular complexity index is 635. The molecule has 0 saturated carbocycles. The highest BCUT2D eigenvalue weighted by atomic mass is 32.1. The lowest BCUT2D eigenvalue weighted by atomic mass is 10.0. The maximum absolute atomic E-state index is 12.2. The summed E-state index contributed by atoms with van der Waals surface area (Å²) < 4.78 is 1.08. The smallest absolute Gasteiger partial charge is 0.195 e. The van der Waals surface area contributed by atoms with E-state index in [1.807, 2.05) is 46.5 Å². The first-order valence-electron chi connectivity index (χ1n) is 4.89. The zero-order valence-electron chi connectivity index (χ0n) is 8.34. The third-order valence-electron chi connectivity index (χ3n) is 2.51. The number of hydrogen-bond acceptors (Lipinski definition) is 3. The molecule has 1 nitrogen and oxygen atoms in total. The van der Waals surface area contributed by atoms with Gasteiger partial charge in [0.05, 0.1) is 0 Å². The predicted octanol–water partition coefficient (Wildman–Crippen LogP) is 4.19. The fraction of sp³-hybridized carbons (Fsp3) is 0. The minimum absolute atomic E-state index is 0.120. The molecular weight excluding hydrogens is 236 g/mol. The van der Waals surface area contributed by atoms with E-state index in [4.69, 9.17) is 0 Å². The number of fused-ring (bicyclic) bond motifs is 1. The SMILES string of the molecule is O=C(c1ccsc1)c1cccc2ccsc12. The summed E-state index contributed by atoms with van der Waals surface area (Å²) >= 11 is 3.17. The Morgan fingerprint density at radius 2 is 2.00 bits per heavy atom. The topological polar surface area (TPSA) is 17.1 Å². The maximum Gasteiger partial charge on any atom is 0.195 e. The van der Waals surface area contributed by atoms with Gasteiger partial charge < -0.3 is 0 Å². The first kappa shape index (κ1) is 9.75. The summed E-state index contributed by atoms with van der Waals surface area (Å²) in [5.74, 6) is 0.120. The molecule has 3 heteroatoms. The van der Waals surface area contributed by atoms with Crippen molar-refractivity contribution in [2.24, 2.45) is 0 Å². The van der Waals surface area contributed by atoms with E-state index in [2.05, 4.69) is 0 Å². The molecular formula is C13H8OS2. The number of thiophene rings is 2. The molecule has 0 aliphatic rings. The van der Waals surface area contributed by atoms with Crippen LogP contribution in [0.15, 0.2) is 46.5 Å². The highest BCUT2D eigenvalue weighted by Crippen LogP contribution is 2.26. The average molecular weight is 244 g/mol. The average Bonchev–Trinajstić information content (AvgIpc) is 2.98. The van der Waals surface area contributed by atoms with Crippen molar-refractivity contribution in [3.05, 3.63) is 57.6 Å². The number of rotatable bonds is 2. The fourth-order valence-electron chi connectivity index (χ4n) is 1.72. The van der Waals surface area contributed by atoms with Gasteiger partial charge in [-0.3, -0.25) is 4.79 Å². The second-order valence-electron chi connectivity index (χ2n) is 3.49. The molecule has 0 atom stereocenters. The zero-order valence-corrected chi connectivity index (χ0v) is 9.98. The van der Waals surface area contributed by atoms with Crippen LogP contribution in [0.5, 0.6) is 0 Å². The number of ketones is 1. The van der Waals surface area contributed by atoms with Gasteiger partial charge in [-0.05, 0) is 34.3 Å². The second kappa shape index (κ2) is 3.85. The van der Waals surface area contributed by atoms with Crippen molar-refractivity contribution in [3.63, 3.8) is 0 Å². The molecule has 0 bridgehead atoms. The van der Waals surface area contributed by atoms with Crippen molar-refractivity contribution < 1.29 is 4.79 Å². The Balaban J connectivity index is 2.19. The number of hydrogen-bond donors (Lipinski definition) is 0. The Labute approximate surface area is 101 Å². The van der Waals surface area contributed by atoms with Crippen LogP contribution in [0, 0.1) is 0 Å². The molecule has 1 aromatic carbocycles. The first-order valence-corrected chi connectivity index (χ1v) is 6.71. The minimum atomic E-state index is 0.120. The van der Waals surface area contributed by atoms with Crippen LogP contribution in [-0.4, -0.2) is 5.78 Å². The summed E-state index contributed by atoms with van der Waals surface area (Å²) in [6, 6.07) is 9.80. The maximum atomic E-state index is 12.2. The third-order valence-corrected chi connectivity index (χ3v) is 4.15. The summed E-state index contributed by atoms with van der Waals surface area (Å²) in [7, 11) is 0. The summed E-state index contributed by atoms with van der Waals surface area (Å²) in [5.41, 5.74) is 1.59. The predicted molar refractivity (Wildman–Crippen MR) is 69.6 cm³/mol. The Morgan fingerprint density at radius 3 is 2.81 bits per heavy atom. The molecule has 0 aliphatic carbocycles. The van der Waals surface area contributed by atoms with E-state index in [1.54, 1.807) is 22.7 Å². The molecule has 3 aromatic rings. The quantitative estimate of drug-likeness (QED) is 0.618. The van der Waals surface area contributed by atoms with Crippen LogP contribution in [-0.2, 0) is 0 Å². The fourth-order valence-corrected chi connectivity index (χ4v) is 3.27. The summed E-state index contributed by atoms with van der Waals surface area (Å²) in [5, 5.41) is 7.00. The van der Waals surface area contributed by atoms with Crippen LogP contribution >= 0.6 is 22.7 Å².